The molecule has 4 aromatic rings. The predicted molar refractivity (Wildman–Crippen MR) is 118 cm³/mol. The smallest absolute Gasteiger partial charge is 0.280 e. The number of allylic oxidation sites excluding steroid dienone is 1. The predicted octanol–water partition coefficient (Wildman–Crippen LogP) is 4.57. The molecular formula is C24H17N5O4. The molecule has 2 aromatic heterocycles. The van der Waals surface area contributed by atoms with Crippen molar-refractivity contribution in [2.45, 2.75) is 12.8 Å². The van der Waals surface area contributed by atoms with Crippen molar-refractivity contribution >= 4 is 5.69 Å². The lowest BCUT2D eigenvalue weighted by Crippen LogP contribution is -2.21. The highest BCUT2D eigenvalue weighted by Gasteiger charge is 2.38. The van der Waals surface area contributed by atoms with E-state index in [4.69, 9.17) is 14.9 Å². The lowest BCUT2D eigenvalue weighted by atomic mass is 9.88. The third-order valence-corrected chi connectivity index (χ3v) is 5.51. The van der Waals surface area contributed by atoms with E-state index in [1.807, 2.05) is 37.3 Å². The Bertz CT molecular complexity index is 1460. The molecule has 0 aliphatic carbocycles. The zero-order valence-electron chi connectivity index (χ0n) is 17.4. The molecule has 3 heterocycles. The maximum absolute atomic E-state index is 11.5. The number of hydrogen-bond donors (Lipinski definition) is 1. The second-order valence-electron chi connectivity index (χ2n) is 7.45. The van der Waals surface area contributed by atoms with E-state index in [1.165, 1.54) is 6.07 Å². The molecule has 9 heteroatoms. The van der Waals surface area contributed by atoms with Gasteiger partial charge in [0, 0.05) is 6.07 Å². The molecule has 33 heavy (non-hydrogen) atoms. The number of nitrogens with two attached hydrogens (primary N) is 1. The molecule has 2 aromatic carbocycles. The summed E-state index contributed by atoms with van der Waals surface area (Å²) in [5.41, 5.74) is 8.64. The standard InChI is InChI=1S/C24H17N5O4/c1-14-21-22(20-12-11-19(32-20)16-9-5-6-10-18(16)29(30)31)17(13-25)23(26)33-24(21)28(27-14)15-7-3-2-4-8-15/h2-12,22H,26H2,1H3/t22-/m0/s1. The van der Waals surface area contributed by atoms with Gasteiger partial charge in [0.15, 0.2) is 0 Å². The maximum atomic E-state index is 11.5. The normalized spacial score (nSPS) is 15.0. The molecular weight excluding hydrogens is 422 g/mol. The Labute approximate surface area is 188 Å². The van der Waals surface area contributed by atoms with Crippen molar-refractivity contribution in [2.75, 3.05) is 0 Å². The van der Waals surface area contributed by atoms with Gasteiger partial charge in [-0.3, -0.25) is 10.1 Å². The summed E-state index contributed by atoms with van der Waals surface area (Å²) in [6.45, 7) is 1.82. The highest BCUT2D eigenvalue weighted by molar-refractivity contribution is 5.70. The van der Waals surface area contributed by atoms with Gasteiger partial charge in [-0.05, 0) is 37.3 Å². The first-order chi connectivity index (χ1) is 16.0. The zero-order valence-corrected chi connectivity index (χ0v) is 17.4. The number of fused-ring (bicyclic) bond motifs is 1. The average molecular weight is 439 g/mol. The second-order valence-corrected chi connectivity index (χ2v) is 7.45. The summed E-state index contributed by atoms with van der Waals surface area (Å²) < 4.78 is 13.5. The van der Waals surface area contributed by atoms with Gasteiger partial charge in [-0.1, -0.05) is 30.3 Å². The Morgan fingerprint density at radius 1 is 1.12 bits per heavy atom. The molecule has 1 aliphatic heterocycles. The first-order valence-electron chi connectivity index (χ1n) is 10.1. The van der Waals surface area contributed by atoms with Crippen LogP contribution in [0.3, 0.4) is 0 Å². The van der Waals surface area contributed by atoms with E-state index in [0.29, 0.717) is 34.2 Å². The summed E-state index contributed by atoms with van der Waals surface area (Å²) in [5, 5.41) is 25.9. The van der Waals surface area contributed by atoms with Crippen LogP contribution in [0.5, 0.6) is 5.88 Å². The van der Waals surface area contributed by atoms with Crippen molar-refractivity contribution in [2.24, 2.45) is 5.73 Å². The van der Waals surface area contributed by atoms with Crippen LogP contribution in [0.15, 0.2) is 82.6 Å². The van der Waals surface area contributed by atoms with Crippen molar-refractivity contribution in [1.82, 2.24) is 9.78 Å². The number of nitro groups is 1. The Hall–Kier alpha value is -4.84. The molecule has 162 valence electrons. The number of aromatic nitrogens is 2. The summed E-state index contributed by atoms with van der Waals surface area (Å²) in [5.74, 6) is 0.393. The van der Waals surface area contributed by atoms with Gasteiger partial charge in [0.25, 0.3) is 5.69 Å². The molecule has 1 atom stereocenters. The van der Waals surface area contributed by atoms with Crippen LogP contribution in [0.1, 0.15) is 22.9 Å². The fourth-order valence-electron chi connectivity index (χ4n) is 4.04. The van der Waals surface area contributed by atoms with E-state index in [-0.39, 0.29) is 17.1 Å². The van der Waals surface area contributed by atoms with E-state index >= 15 is 0 Å². The zero-order chi connectivity index (χ0) is 23.1. The van der Waals surface area contributed by atoms with Gasteiger partial charge in [0.1, 0.15) is 23.2 Å². The van der Waals surface area contributed by atoms with E-state index in [9.17, 15) is 15.4 Å². The summed E-state index contributed by atoms with van der Waals surface area (Å²) >= 11 is 0. The molecule has 0 bridgehead atoms. The Kier molecular flexibility index (Phi) is 4.68. The number of nitriles is 1. The summed E-state index contributed by atoms with van der Waals surface area (Å²) in [4.78, 5) is 11.0. The van der Waals surface area contributed by atoms with E-state index in [2.05, 4.69) is 11.2 Å². The van der Waals surface area contributed by atoms with Gasteiger partial charge >= 0.3 is 0 Å². The molecule has 0 saturated heterocycles. The molecule has 1 aliphatic rings. The van der Waals surface area contributed by atoms with Crippen LogP contribution in [0.4, 0.5) is 5.69 Å². The number of hydrogen-bond acceptors (Lipinski definition) is 7. The van der Waals surface area contributed by atoms with Gasteiger partial charge in [-0.15, -0.1) is 0 Å². The van der Waals surface area contributed by atoms with Crippen molar-refractivity contribution in [3.63, 3.8) is 0 Å². The highest BCUT2D eigenvalue weighted by Crippen LogP contribution is 2.46. The first-order valence-corrected chi connectivity index (χ1v) is 10.1. The van der Waals surface area contributed by atoms with Crippen LogP contribution in [-0.2, 0) is 0 Å². The summed E-state index contributed by atoms with van der Waals surface area (Å²) in [6.07, 6.45) is 0. The van der Waals surface area contributed by atoms with Gasteiger partial charge in [-0.25, -0.2) is 4.68 Å². The fourth-order valence-corrected chi connectivity index (χ4v) is 4.04. The molecule has 9 nitrogen and oxygen atoms in total. The Balaban J connectivity index is 1.67. The summed E-state index contributed by atoms with van der Waals surface area (Å²) in [7, 11) is 0. The van der Waals surface area contributed by atoms with Crippen LogP contribution < -0.4 is 10.5 Å². The van der Waals surface area contributed by atoms with E-state index in [1.54, 1.807) is 35.0 Å². The molecule has 5 rings (SSSR count). The number of ether oxygens (including phenoxy) is 1. The molecule has 2 N–H and O–H groups in total. The van der Waals surface area contributed by atoms with E-state index in [0.717, 1.165) is 5.69 Å². The minimum absolute atomic E-state index is 0.0456. The van der Waals surface area contributed by atoms with Crippen LogP contribution in [0, 0.1) is 28.4 Å². The number of aryl methyl sites for hydroxylation is 1. The maximum Gasteiger partial charge on any atom is 0.280 e. The van der Waals surface area contributed by atoms with Crippen molar-refractivity contribution in [3.8, 4) is 29.0 Å². The minimum atomic E-state index is -0.673. The van der Waals surface area contributed by atoms with Crippen LogP contribution in [-0.4, -0.2) is 14.7 Å². The lowest BCUT2D eigenvalue weighted by Gasteiger charge is -2.23. The van der Waals surface area contributed by atoms with Crippen LogP contribution in [0.2, 0.25) is 0 Å². The molecule has 0 radical (unpaired) electrons. The third-order valence-electron chi connectivity index (χ3n) is 5.51. The van der Waals surface area contributed by atoms with Crippen LogP contribution in [0.25, 0.3) is 17.0 Å². The molecule has 0 spiro atoms. The lowest BCUT2D eigenvalue weighted by molar-refractivity contribution is -0.384. The third kappa shape index (κ3) is 3.21. The topological polar surface area (TPSA) is 133 Å². The van der Waals surface area contributed by atoms with Crippen LogP contribution >= 0.6 is 0 Å². The second kappa shape index (κ2) is 7.69. The SMILES string of the molecule is Cc1nn(-c2ccccc2)c2c1[C@H](c1ccc(-c3ccccc3[N+](=O)[O-])o1)C(C#N)=C(N)O2. The largest absolute Gasteiger partial charge is 0.460 e. The number of rotatable bonds is 4. The number of nitrogens with zero attached hydrogens (tertiary/aromatic N) is 4. The Morgan fingerprint density at radius 3 is 2.58 bits per heavy atom. The molecule has 0 amide bonds. The minimum Gasteiger partial charge on any atom is -0.460 e. The molecule has 0 unspecified atom stereocenters. The van der Waals surface area contributed by atoms with Crippen molar-refractivity contribution in [3.05, 3.63) is 105 Å². The first kappa shape index (κ1) is 20.1. The van der Waals surface area contributed by atoms with Gasteiger partial charge < -0.3 is 14.9 Å². The number of nitro benzene ring substituents is 1. The number of furan rings is 1. The molecule has 0 fully saturated rings. The van der Waals surface area contributed by atoms with Gasteiger partial charge in [-0.2, -0.15) is 10.4 Å². The van der Waals surface area contributed by atoms with Gasteiger partial charge in [0.2, 0.25) is 11.8 Å². The molecule has 0 saturated carbocycles. The summed E-state index contributed by atoms with van der Waals surface area (Å²) in [6, 6.07) is 21.2. The highest BCUT2D eigenvalue weighted by atomic mass is 16.6. The van der Waals surface area contributed by atoms with Gasteiger partial charge in [0.05, 0.1) is 33.3 Å². The fraction of sp³-hybridized carbons (Fsp3) is 0.0833. The average Bonchev–Trinajstić information content (AvgIpc) is 3.44. The van der Waals surface area contributed by atoms with E-state index < -0.39 is 10.8 Å². The Morgan fingerprint density at radius 2 is 1.85 bits per heavy atom. The van der Waals surface area contributed by atoms with Crippen molar-refractivity contribution in [1.29, 1.82) is 5.26 Å². The number of benzene rings is 2. The van der Waals surface area contributed by atoms with Crippen molar-refractivity contribution < 1.29 is 14.1 Å². The monoisotopic (exact) mass is 439 g/mol. The quantitative estimate of drug-likeness (QED) is 0.364. The number of para-hydroxylation sites is 2.